The molecule has 4 N–H and O–H groups in total. The topological polar surface area (TPSA) is 132 Å². The summed E-state index contributed by atoms with van der Waals surface area (Å²) in [4.78, 5) is 40.1. The van der Waals surface area contributed by atoms with E-state index in [1.807, 2.05) is 26.8 Å². The van der Waals surface area contributed by atoms with Crippen molar-refractivity contribution >= 4 is 17.3 Å². The van der Waals surface area contributed by atoms with Gasteiger partial charge in [-0.2, -0.15) is 0 Å². The number of allylic oxidation sites excluding steroid dienone is 4. The van der Waals surface area contributed by atoms with Gasteiger partial charge in [-0.15, -0.1) is 0 Å². The summed E-state index contributed by atoms with van der Waals surface area (Å²) in [5.41, 5.74) is -5.75. The standard InChI is InChI=1S/C30H42O7/c1-25(2,36)12-11-21(33)30(8,37)23-19(32)14-27(5)20-10-9-16-17(13-18(31)24(35)26(16,3)4)29(20,7)22(34)15-28(23,27)6/h9,11-13,17,19-20,23,31-32,36-37H,10,14-15H2,1-8H3/b12-11+/t17-,19+,20+,23-,27+,28-,29-,30+/m1/s1. The van der Waals surface area contributed by atoms with E-state index in [9.17, 15) is 34.8 Å². The summed E-state index contributed by atoms with van der Waals surface area (Å²) < 4.78 is 0. The zero-order valence-electron chi connectivity index (χ0n) is 23.3. The number of rotatable bonds is 4. The Morgan fingerprint density at radius 2 is 1.65 bits per heavy atom. The summed E-state index contributed by atoms with van der Waals surface area (Å²) >= 11 is 0. The molecule has 0 aromatic rings. The van der Waals surface area contributed by atoms with Gasteiger partial charge in [0.2, 0.25) is 5.78 Å². The van der Waals surface area contributed by atoms with Crippen LogP contribution in [0.3, 0.4) is 0 Å². The summed E-state index contributed by atoms with van der Waals surface area (Å²) in [5.74, 6) is -2.98. The van der Waals surface area contributed by atoms with Crippen LogP contribution in [0.1, 0.15) is 74.7 Å². The minimum Gasteiger partial charge on any atom is -0.505 e. The van der Waals surface area contributed by atoms with Gasteiger partial charge in [0, 0.05) is 23.7 Å². The lowest BCUT2D eigenvalue weighted by Gasteiger charge is -2.63. The molecule has 0 heterocycles. The molecule has 2 saturated carbocycles. The highest BCUT2D eigenvalue weighted by Crippen LogP contribution is 2.73. The molecule has 2 fully saturated rings. The number of ketones is 3. The van der Waals surface area contributed by atoms with E-state index < -0.39 is 56.6 Å². The van der Waals surface area contributed by atoms with Crippen molar-refractivity contribution in [1.29, 1.82) is 0 Å². The largest absolute Gasteiger partial charge is 0.505 e. The Bertz CT molecular complexity index is 1150. The maximum absolute atomic E-state index is 14.2. The zero-order valence-corrected chi connectivity index (χ0v) is 23.3. The Kier molecular flexibility index (Phi) is 6.01. The first-order valence-corrected chi connectivity index (χ1v) is 13.2. The Morgan fingerprint density at radius 3 is 2.22 bits per heavy atom. The molecule has 0 bridgehead atoms. The number of fused-ring (bicyclic) bond motifs is 5. The molecule has 0 saturated heterocycles. The van der Waals surface area contributed by atoms with Crippen molar-refractivity contribution in [3.63, 3.8) is 0 Å². The lowest BCUT2D eigenvalue weighted by molar-refractivity contribution is -0.179. The molecule has 0 radical (unpaired) electrons. The van der Waals surface area contributed by atoms with Crippen molar-refractivity contribution in [2.24, 2.45) is 39.4 Å². The van der Waals surface area contributed by atoms with Crippen LogP contribution in [0.5, 0.6) is 0 Å². The van der Waals surface area contributed by atoms with Crippen LogP contribution in [0, 0.1) is 39.4 Å². The SMILES string of the molecule is CC(C)(O)/C=C/C(=O)[C@](C)(O)[C@@H]1[C@@H](O)C[C@@]2(C)[C@@H]3CC=C4[C@@H](C=C(O)C(=O)C4(C)C)[C@@]3(C)C(=O)C[C@]12C. The molecule has 0 aliphatic heterocycles. The van der Waals surface area contributed by atoms with Crippen LogP contribution in [-0.2, 0) is 14.4 Å². The zero-order chi connectivity index (χ0) is 28.1. The van der Waals surface area contributed by atoms with E-state index in [4.69, 9.17) is 0 Å². The smallest absolute Gasteiger partial charge is 0.206 e. The van der Waals surface area contributed by atoms with Crippen molar-refractivity contribution in [1.82, 2.24) is 0 Å². The molecule has 4 aliphatic rings. The number of hydrogen-bond donors (Lipinski definition) is 4. The summed E-state index contributed by atoms with van der Waals surface area (Å²) in [6, 6.07) is 0. The predicted octanol–water partition coefficient (Wildman–Crippen LogP) is 3.62. The third-order valence-electron chi connectivity index (χ3n) is 10.8. The number of carbonyl (C=O) groups excluding carboxylic acids is 3. The van der Waals surface area contributed by atoms with Gasteiger partial charge in [0.1, 0.15) is 11.4 Å². The highest BCUT2D eigenvalue weighted by molar-refractivity contribution is 6.02. The van der Waals surface area contributed by atoms with E-state index in [1.165, 1.54) is 32.9 Å². The first kappa shape index (κ1) is 27.9. The second-order valence-electron chi connectivity index (χ2n) is 13.9. The number of Topliss-reactive ketones (excluding diaryl/α,β-unsaturated/α-hetero) is 2. The Morgan fingerprint density at radius 1 is 1.05 bits per heavy atom. The van der Waals surface area contributed by atoms with E-state index in [2.05, 4.69) is 0 Å². The van der Waals surface area contributed by atoms with Crippen molar-refractivity contribution in [3.05, 3.63) is 35.6 Å². The monoisotopic (exact) mass is 514 g/mol. The van der Waals surface area contributed by atoms with Crippen LogP contribution in [0.2, 0.25) is 0 Å². The minimum absolute atomic E-state index is 0.0453. The fourth-order valence-corrected chi connectivity index (χ4v) is 8.58. The molecule has 0 aromatic heterocycles. The molecule has 0 amide bonds. The van der Waals surface area contributed by atoms with E-state index in [-0.39, 0.29) is 29.7 Å². The van der Waals surface area contributed by atoms with Gasteiger partial charge in [0.15, 0.2) is 11.5 Å². The van der Waals surface area contributed by atoms with Crippen LogP contribution in [0.4, 0.5) is 0 Å². The maximum atomic E-state index is 14.2. The van der Waals surface area contributed by atoms with Crippen molar-refractivity contribution in [3.8, 4) is 0 Å². The van der Waals surface area contributed by atoms with Crippen LogP contribution in [-0.4, -0.2) is 55.1 Å². The molecule has 7 heteroatoms. The molecule has 7 nitrogen and oxygen atoms in total. The Balaban J connectivity index is 1.82. The normalized spacial score (nSPS) is 42.9. The molecule has 0 unspecified atom stereocenters. The third kappa shape index (κ3) is 3.60. The molecular weight excluding hydrogens is 472 g/mol. The molecule has 8 atom stereocenters. The van der Waals surface area contributed by atoms with E-state index in [0.29, 0.717) is 12.8 Å². The fourth-order valence-electron chi connectivity index (χ4n) is 8.58. The van der Waals surface area contributed by atoms with Crippen molar-refractivity contribution < 1.29 is 34.8 Å². The quantitative estimate of drug-likeness (QED) is 0.333. The predicted molar refractivity (Wildman–Crippen MR) is 138 cm³/mol. The molecule has 4 rings (SSSR count). The van der Waals surface area contributed by atoms with E-state index in [0.717, 1.165) is 11.6 Å². The van der Waals surface area contributed by atoms with Crippen LogP contribution in [0.25, 0.3) is 0 Å². The number of aliphatic hydroxyl groups is 4. The average Bonchev–Trinajstić information content (AvgIpc) is 2.96. The van der Waals surface area contributed by atoms with Gasteiger partial charge in [0.05, 0.1) is 17.1 Å². The lowest BCUT2D eigenvalue weighted by atomic mass is 9.39. The van der Waals surface area contributed by atoms with Crippen LogP contribution >= 0.6 is 0 Å². The van der Waals surface area contributed by atoms with Gasteiger partial charge < -0.3 is 20.4 Å². The lowest BCUT2D eigenvalue weighted by Crippen LogP contribution is -2.64. The third-order valence-corrected chi connectivity index (χ3v) is 10.8. The van der Waals surface area contributed by atoms with E-state index >= 15 is 0 Å². The van der Waals surface area contributed by atoms with Crippen LogP contribution in [0.15, 0.2) is 35.6 Å². The molecule has 0 spiro atoms. The number of carbonyl (C=O) groups is 3. The highest BCUT2D eigenvalue weighted by Gasteiger charge is 2.74. The van der Waals surface area contributed by atoms with Gasteiger partial charge in [-0.25, -0.2) is 0 Å². The molecule has 37 heavy (non-hydrogen) atoms. The second-order valence-corrected chi connectivity index (χ2v) is 13.9. The molecule has 0 aromatic carbocycles. The Hall–Kier alpha value is -2.09. The Labute approximate surface area is 219 Å². The average molecular weight is 515 g/mol. The summed E-state index contributed by atoms with van der Waals surface area (Å²) in [6.07, 6.45) is 5.85. The number of hydrogen-bond acceptors (Lipinski definition) is 7. The van der Waals surface area contributed by atoms with Crippen molar-refractivity contribution in [2.45, 2.75) is 92.0 Å². The second kappa shape index (κ2) is 7.96. The molecule has 4 aliphatic carbocycles. The first-order valence-electron chi connectivity index (χ1n) is 13.2. The fraction of sp³-hybridized carbons (Fsp3) is 0.700. The number of aliphatic hydroxyl groups excluding tert-OH is 2. The van der Waals surface area contributed by atoms with Gasteiger partial charge in [-0.1, -0.05) is 38.5 Å². The van der Waals surface area contributed by atoms with Gasteiger partial charge in [-0.05, 0) is 76.4 Å². The summed E-state index contributed by atoms with van der Waals surface area (Å²) in [6.45, 7) is 13.8. The summed E-state index contributed by atoms with van der Waals surface area (Å²) in [7, 11) is 0. The van der Waals surface area contributed by atoms with E-state index in [1.54, 1.807) is 13.8 Å². The van der Waals surface area contributed by atoms with Crippen LogP contribution < -0.4 is 0 Å². The summed E-state index contributed by atoms with van der Waals surface area (Å²) in [5, 5.41) is 43.6. The maximum Gasteiger partial charge on any atom is 0.206 e. The molecular formula is C30H42O7. The first-order chi connectivity index (χ1) is 16.7. The molecule has 204 valence electrons. The minimum atomic E-state index is -1.96. The highest BCUT2D eigenvalue weighted by atomic mass is 16.3. The van der Waals surface area contributed by atoms with Gasteiger partial charge in [-0.3, -0.25) is 14.4 Å². The van der Waals surface area contributed by atoms with Gasteiger partial charge in [0.25, 0.3) is 0 Å². The van der Waals surface area contributed by atoms with Crippen molar-refractivity contribution in [2.75, 3.05) is 0 Å². The van der Waals surface area contributed by atoms with Gasteiger partial charge >= 0.3 is 0 Å².